The molecule has 2 aromatic rings. The number of nitrogens with zero attached hydrogens (tertiary/aromatic N) is 1. The Morgan fingerprint density at radius 1 is 1.11 bits per heavy atom. The van der Waals surface area contributed by atoms with Crippen molar-refractivity contribution < 1.29 is 18.7 Å². The molecule has 1 aromatic carbocycles. The maximum Gasteiger partial charge on any atom is 0.267 e. The predicted octanol–water partition coefficient (Wildman–Crippen LogP) is 3.95. The van der Waals surface area contributed by atoms with Gasteiger partial charge in [-0.25, -0.2) is 0 Å². The molecule has 5 nitrogen and oxygen atoms in total. The van der Waals surface area contributed by atoms with Gasteiger partial charge in [-0.15, -0.1) is 11.8 Å². The smallest absolute Gasteiger partial charge is 0.267 e. The summed E-state index contributed by atoms with van der Waals surface area (Å²) in [6.07, 6.45) is 2.22. The average molecular weight is 385 g/mol. The van der Waals surface area contributed by atoms with E-state index < -0.39 is 0 Å². The molecule has 1 aromatic heterocycles. The van der Waals surface area contributed by atoms with Gasteiger partial charge in [-0.2, -0.15) is 0 Å². The summed E-state index contributed by atoms with van der Waals surface area (Å²) >= 11 is 1.35. The minimum atomic E-state index is -0.235. The molecule has 0 N–H and O–H groups in total. The third kappa shape index (κ3) is 4.17. The fourth-order valence-electron chi connectivity index (χ4n) is 2.95. The van der Waals surface area contributed by atoms with Crippen LogP contribution in [0.4, 0.5) is 0 Å². The quantitative estimate of drug-likeness (QED) is 0.509. The molecule has 0 fully saturated rings. The van der Waals surface area contributed by atoms with E-state index in [4.69, 9.17) is 9.15 Å². The Morgan fingerprint density at radius 3 is 2.59 bits per heavy atom. The van der Waals surface area contributed by atoms with Crippen molar-refractivity contribution in [1.29, 1.82) is 0 Å². The summed E-state index contributed by atoms with van der Waals surface area (Å²) < 4.78 is 10.4. The van der Waals surface area contributed by atoms with E-state index in [0.717, 1.165) is 22.5 Å². The number of amides is 2. The highest BCUT2D eigenvalue weighted by Gasteiger charge is 2.38. The molecule has 1 aliphatic heterocycles. The van der Waals surface area contributed by atoms with E-state index in [-0.39, 0.29) is 11.8 Å². The van der Waals surface area contributed by atoms with E-state index in [0.29, 0.717) is 35.8 Å². The van der Waals surface area contributed by atoms with E-state index in [1.54, 1.807) is 13.4 Å². The first-order valence-corrected chi connectivity index (χ1v) is 9.83. The van der Waals surface area contributed by atoms with E-state index in [1.807, 2.05) is 44.2 Å². The molecule has 3 rings (SSSR count). The maximum atomic E-state index is 13.0. The molecule has 2 amide bonds. The van der Waals surface area contributed by atoms with Crippen molar-refractivity contribution in [2.75, 3.05) is 20.3 Å². The number of rotatable bonds is 8. The molecule has 142 valence electrons. The number of carbonyl (C=O) groups is 2. The second-order valence-electron chi connectivity index (χ2n) is 6.48. The van der Waals surface area contributed by atoms with E-state index in [1.165, 1.54) is 16.7 Å². The highest BCUT2D eigenvalue weighted by Crippen LogP contribution is 2.38. The average Bonchev–Trinajstić information content (AvgIpc) is 3.24. The van der Waals surface area contributed by atoms with Gasteiger partial charge >= 0.3 is 0 Å². The van der Waals surface area contributed by atoms with Crippen LogP contribution in [0, 0.1) is 13.8 Å². The largest absolute Gasteiger partial charge is 0.468 e. The second-order valence-corrected chi connectivity index (χ2v) is 7.47. The number of imide groups is 1. The number of ether oxygens (including phenoxy) is 1. The van der Waals surface area contributed by atoms with E-state index >= 15 is 0 Å². The van der Waals surface area contributed by atoms with Gasteiger partial charge in [0.1, 0.15) is 5.76 Å². The van der Waals surface area contributed by atoms with Crippen LogP contribution in [0.25, 0.3) is 5.57 Å². The van der Waals surface area contributed by atoms with Crippen LogP contribution in [0.2, 0.25) is 0 Å². The first-order chi connectivity index (χ1) is 13.0. The summed E-state index contributed by atoms with van der Waals surface area (Å²) in [4.78, 5) is 27.8. The van der Waals surface area contributed by atoms with Gasteiger partial charge in [0.25, 0.3) is 11.8 Å². The summed E-state index contributed by atoms with van der Waals surface area (Å²) in [5, 5.41) is 0. The molecule has 0 atom stereocenters. The first-order valence-electron chi connectivity index (χ1n) is 8.85. The number of carbonyl (C=O) groups excluding carboxylic acids is 2. The van der Waals surface area contributed by atoms with Gasteiger partial charge in [-0.1, -0.05) is 18.2 Å². The monoisotopic (exact) mass is 385 g/mol. The van der Waals surface area contributed by atoms with Gasteiger partial charge < -0.3 is 9.15 Å². The number of methoxy groups -OCH3 is 1. The molecular formula is C21H23NO4S. The Kier molecular flexibility index (Phi) is 6.19. The van der Waals surface area contributed by atoms with Crippen LogP contribution in [-0.2, 0) is 20.1 Å². The van der Waals surface area contributed by atoms with Crippen molar-refractivity contribution in [2.24, 2.45) is 0 Å². The van der Waals surface area contributed by atoms with Crippen LogP contribution in [0.3, 0.4) is 0 Å². The molecule has 0 radical (unpaired) electrons. The zero-order valence-corrected chi connectivity index (χ0v) is 16.6. The fraction of sp³-hybridized carbons (Fsp3) is 0.333. The summed E-state index contributed by atoms with van der Waals surface area (Å²) in [6, 6.07) is 9.54. The lowest BCUT2D eigenvalue weighted by molar-refractivity contribution is -0.136. The first kappa shape index (κ1) is 19.5. The van der Waals surface area contributed by atoms with Crippen molar-refractivity contribution in [2.45, 2.75) is 26.0 Å². The zero-order valence-electron chi connectivity index (χ0n) is 15.8. The van der Waals surface area contributed by atoms with Crippen molar-refractivity contribution in [3.63, 3.8) is 0 Å². The van der Waals surface area contributed by atoms with Crippen LogP contribution in [-0.4, -0.2) is 37.0 Å². The highest BCUT2D eigenvalue weighted by molar-refractivity contribution is 8.03. The van der Waals surface area contributed by atoms with Gasteiger partial charge in [0.2, 0.25) is 0 Å². The summed E-state index contributed by atoms with van der Waals surface area (Å²) in [5.74, 6) is 0.800. The lowest BCUT2D eigenvalue weighted by atomic mass is 10.0. The predicted molar refractivity (Wildman–Crippen MR) is 106 cm³/mol. The number of hydrogen-bond acceptors (Lipinski definition) is 5. The molecule has 0 saturated carbocycles. The van der Waals surface area contributed by atoms with E-state index in [9.17, 15) is 9.59 Å². The molecule has 0 saturated heterocycles. The summed E-state index contributed by atoms with van der Waals surface area (Å²) in [6.45, 7) is 4.89. The third-order valence-corrected chi connectivity index (χ3v) is 5.69. The third-order valence-electron chi connectivity index (χ3n) is 4.59. The minimum Gasteiger partial charge on any atom is -0.468 e. The molecule has 0 bridgehead atoms. The standard InChI is InChI=1S/C21H23NO4S/c1-14-7-8-16(12-15(14)2)18-19(27-13-17-6-4-11-26-17)21(24)22(20(18)23)9-5-10-25-3/h4,6-8,11-12H,5,9-10,13H2,1-3H3. The van der Waals surface area contributed by atoms with Crippen molar-refractivity contribution >= 4 is 29.1 Å². The Morgan fingerprint density at radius 2 is 1.93 bits per heavy atom. The van der Waals surface area contributed by atoms with Crippen LogP contribution in [0.15, 0.2) is 45.9 Å². The second kappa shape index (κ2) is 8.59. The zero-order chi connectivity index (χ0) is 19.4. The summed E-state index contributed by atoms with van der Waals surface area (Å²) in [5.41, 5.74) is 3.51. The molecule has 0 spiro atoms. The fourth-order valence-corrected chi connectivity index (χ4v) is 3.98. The van der Waals surface area contributed by atoms with Crippen LogP contribution in [0.5, 0.6) is 0 Å². The SMILES string of the molecule is COCCCN1C(=O)C(SCc2ccco2)=C(c2ccc(C)c(C)c2)C1=O. The number of furan rings is 1. The Hall–Kier alpha value is -2.31. The molecule has 27 heavy (non-hydrogen) atoms. The molecular weight excluding hydrogens is 362 g/mol. The topological polar surface area (TPSA) is 59.8 Å². The molecule has 2 heterocycles. The minimum absolute atomic E-state index is 0.235. The molecule has 0 unspecified atom stereocenters. The van der Waals surface area contributed by atoms with Gasteiger partial charge in [0, 0.05) is 20.3 Å². The Bertz CT molecular complexity index is 870. The Labute approximate surface area is 163 Å². The van der Waals surface area contributed by atoms with Crippen LogP contribution < -0.4 is 0 Å². The maximum absolute atomic E-state index is 13.0. The van der Waals surface area contributed by atoms with E-state index in [2.05, 4.69) is 0 Å². The lowest BCUT2D eigenvalue weighted by Crippen LogP contribution is -2.33. The number of thioether (sulfide) groups is 1. The van der Waals surface area contributed by atoms with Gasteiger partial charge in [0.05, 0.1) is 22.5 Å². The van der Waals surface area contributed by atoms with Gasteiger partial charge in [-0.05, 0) is 49.1 Å². The van der Waals surface area contributed by atoms with Crippen molar-refractivity contribution in [1.82, 2.24) is 4.90 Å². The molecule has 6 heteroatoms. The van der Waals surface area contributed by atoms with Crippen molar-refractivity contribution in [3.8, 4) is 0 Å². The van der Waals surface area contributed by atoms with Gasteiger partial charge in [0.15, 0.2) is 0 Å². The molecule has 1 aliphatic rings. The Balaban J connectivity index is 1.93. The normalized spacial score (nSPS) is 14.6. The number of hydrogen-bond donors (Lipinski definition) is 0. The van der Waals surface area contributed by atoms with Gasteiger partial charge in [-0.3, -0.25) is 14.5 Å². The van der Waals surface area contributed by atoms with Crippen LogP contribution in [0.1, 0.15) is 28.9 Å². The highest BCUT2D eigenvalue weighted by atomic mass is 32.2. The number of aryl methyl sites for hydroxylation is 2. The van der Waals surface area contributed by atoms with Crippen LogP contribution >= 0.6 is 11.8 Å². The van der Waals surface area contributed by atoms with Crippen molar-refractivity contribution in [3.05, 3.63) is 64.0 Å². The molecule has 0 aliphatic carbocycles. The number of benzene rings is 1. The lowest BCUT2D eigenvalue weighted by Gasteiger charge is -2.14. The summed E-state index contributed by atoms with van der Waals surface area (Å²) in [7, 11) is 1.61.